The van der Waals surface area contributed by atoms with Crippen LogP contribution in [-0.2, 0) is 24.1 Å². The van der Waals surface area contributed by atoms with E-state index in [2.05, 4.69) is 15.2 Å². The van der Waals surface area contributed by atoms with Gasteiger partial charge in [0, 0.05) is 33.8 Å². The molecule has 9 heteroatoms. The first-order chi connectivity index (χ1) is 14.1. The van der Waals surface area contributed by atoms with Gasteiger partial charge in [0.25, 0.3) is 5.56 Å². The fourth-order valence-corrected chi connectivity index (χ4v) is 4.31. The average Bonchev–Trinajstić information content (AvgIpc) is 3.39. The summed E-state index contributed by atoms with van der Waals surface area (Å²) in [6, 6.07) is 7.68. The highest BCUT2D eigenvalue weighted by molar-refractivity contribution is 8.00. The Morgan fingerprint density at radius 1 is 1.28 bits per heavy atom. The van der Waals surface area contributed by atoms with E-state index in [9.17, 15) is 4.79 Å². The molecule has 0 bridgehead atoms. The lowest BCUT2D eigenvalue weighted by molar-refractivity contribution is 0.199. The van der Waals surface area contributed by atoms with Crippen LogP contribution >= 0.6 is 23.4 Å². The number of hydrogen-bond donors (Lipinski definition) is 0. The van der Waals surface area contributed by atoms with E-state index in [4.69, 9.17) is 20.9 Å². The molecule has 0 saturated carbocycles. The van der Waals surface area contributed by atoms with Crippen molar-refractivity contribution in [2.24, 2.45) is 0 Å². The first-order valence-electron chi connectivity index (χ1n) is 9.45. The lowest BCUT2D eigenvalue weighted by atomic mass is 10.1. The Morgan fingerprint density at radius 3 is 2.86 bits per heavy atom. The summed E-state index contributed by atoms with van der Waals surface area (Å²) < 4.78 is 12.1. The molecule has 0 N–H and O–H groups in total. The van der Waals surface area contributed by atoms with Crippen molar-refractivity contribution in [2.75, 3.05) is 13.2 Å². The summed E-state index contributed by atoms with van der Waals surface area (Å²) >= 11 is 7.56. The molecular formula is C20H21ClN4O3S. The van der Waals surface area contributed by atoms with Gasteiger partial charge in [-0.05, 0) is 37.5 Å². The van der Waals surface area contributed by atoms with Crippen LogP contribution in [-0.4, -0.2) is 38.4 Å². The van der Waals surface area contributed by atoms with Gasteiger partial charge in [0.05, 0.1) is 12.8 Å². The minimum absolute atomic E-state index is 0.144. The highest BCUT2D eigenvalue weighted by Gasteiger charge is 2.19. The van der Waals surface area contributed by atoms with Crippen LogP contribution in [0.3, 0.4) is 0 Å². The number of halogens is 1. The molecule has 29 heavy (non-hydrogen) atoms. The van der Waals surface area contributed by atoms with Crippen molar-refractivity contribution in [1.82, 2.24) is 19.9 Å². The number of rotatable bonds is 7. The monoisotopic (exact) mass is 432 g/mol. The molecule has 1 fully saturated rings. The lowest BCUT2D eigenvalue weighted by Crippen LogP contribution is -2.26. The van der Waals surface area contributed by atoms with E-state index in [1.165, 1.54) is 4.68 Å². The van der Waals surface area contributed by atoms with Crippen LogP contribution in [0.1, 0.15) is 29.3 Å². The highest BCUT2D eigenvalue weighted by Crippen LogP contribution is 2.29. The van der Waals surface area contributed by atoms with E-state index in [1.807, 2.05) is 31.2 Å². The van der Waals surface area contributed by atoms with Gasteiger partial charge in [0.1, 0.15) is 6.54 Å². The van der Waals surface area contributed by atoms with Crippen molar-refractivity contribution in [1.29, 1.82) is 0 Å². The number of thioether (sulfide) groups is 1. The largest absolute Gasteiger partial charge is 0.380 e. The predicted octanol–water partition coefficient (Wildman–Crippen LogP) is 3.30. The Hall–Kier alpha value is -2.16. The van der Waals surface area contributed by atoms with Crippen molar-refractivity contribution in [3.8, 4) is 0 Å². The molecule has 3 heterocycles. The second-order valence-corrected chi connectivity index (χ2v) is 8.71. The van der Waals surface area contributed by atoms with E-state index in [0.29, 0.717) is 40.6 Å². The van der Waals surface area contributed by atoms with Crippen molar-refractivity contribution in [3.63, 3.8) is 0 Å². The quantitative estimate of drug-likeness (QED) is 0.566. The molecule has 1 atom stereocenters. The van der Waals surface area contributed by atoms with Crippen LogP contribution in [0.15, 0.2) is 44.7 Å². The Balaban J connectivity index is 1.39. The van der Waals surface area contributed by atoms with Crippen molar-refractivity contribution in [3.05, 3.63) is 68.7 Å². The Labute approximate surface area is 177 Å². The summed E-state index contributed by atoms with van der Waals surface area (Å²) in [5.74, 6) is 0.975. The van der Waals surface area contributed by atoms with E-state index < -0.39 is 0 Å². The highest BCUT2D eigenvalue weighted by atomic mass is 35.5. The number of benzene rings is 1. The number of aromatic nitrogens is 4. The van der Waals surface area contributed by atoms with E-state index in [0.717, 1.165) is 29.9 Å². The van der Waals surface area contributed by atoms with Gasteiger partial charge in [-0.15, -0.1) is 11.8 Å². The fourth-order valence-electron chi connectivity index (χ4n) is 3.08. The molecule has 1 aliphatic rings. The normalized spacial score (nSPS) is 16.4. The van der Waals surface area contributed by atoms with E-state index in [1.54, 1.807) is 18.0 Å². The number of hydrogen-bond acceptors (Lipinski definition) is 7. The molecule has 7 nitrogen and oxygen atoms in total. The molecule has 2 aromatic heterocycles. The maximum absolute atomic E-state index is 12.7. The minimum atomic E-state index is -0.144. The second-order valence-electron chi connectivity index (χ2n) is 6.93. The third-order valence-corrected chi connectivity index (χ3v) is 6.39. The number of ether oxygens (including phenoxy) is 1. The third-order valence-electron chi connectivity index (χ3n) is 4.77. The van der Waals surface area contributed by atoms with Gasteiger partial charge < -0.3 is 9.26 Å². The molecule has 0 radical (unpaired) electrons. The molecule has 3 aromatic rings. The van der Waals surface area contributed by atoms with Gasteiger partial charge in [0.2, 0.25) is 5.89 Å². The molecule has 0 amide bonds. The molecule has 1 aromatic carbocycles. The maximum Gasteiger partial charge on any atom is 0.271 e. The Bertz CT molecular complexity index is 1030. The summed E-state index contributed by atoms with van der Waals surface area (Å²) in [6.45, 7) is 3.47. The molecular weight excluding hydrogens is 412 g/mol. The molecule has 4 rings (SSSR count). The van der Waals surface area contributed by atoms with Crippen LogP contribution < -0.4 is 5.56 Å². The molecule has 1 unspecified atom stereocenters. The van der Waals surface area contributed by atoms with Gasteiger partial charge in [-0.1, -0.05) is 28.9 Å². The Morgan fingerprint density at radius 2 is 2.10 bits per heavy atom. The SMILES string of the molecule is Cc1c(SC2CCOC2)cnn(Cc2nc(CCc3ccc(Cl)cc3)no2)c1=O. The second kappa shape index (κ2) is 9.11. The van der Waals surface area contributed by atoms with Crippen LogP contribution in [0, 0.1) is 6.92 Å². The summed E-state index contributed by atoms with van der Waals surface area (Å²) in [5, 5.41) is 9.39. The van der Waals surface area contributed by atoms with Gasteiger partial charge in [0.15, 0.2) is 5.82 Å². The molecule has 0 aliphatic carbocycles. The lowest BCUT2D eigenvalue weighted by Gasteiger charge is -2.10. The summed E-state index contributed by atoms with van der Waals surface area (Å²) in [6.07, 6.45) is 4.15. The predicted molar refractivity (Wildman–Crippen MR) is 111 cm³/mol. The first kappa shape index (κ1) is 20.1. The molecule has 0 spiro atoms. The number of aryl methyl sites for hydroxylation is 2. The van der Waals surface area contributed by atoms with Crippen LogP contribution in [0.4, 0.5) is 0 Å². The summed E-state index contributed by atoms with van der Waals surface area (Å²) in [5.41, 5.74) is 1.68. The van der Waals surface area contributed by atoms with Crippen molar-refractivity contribution < 1.29 is 9.26 Å². The zero-order valence-electron chi connectivity index (χ0n) is 16.0. The standard InChI is InChI=1S/C20H21ClN4O3S/c1-13-17(29-16-8-9-27-12-16)10-22-25(20(13)26)11-19-23-18(24-28-19)7-4-14-2-5-15(21)6-3-14/h2-3,5-6,10,16H,4,7-9,11-12H2,1H3. The molecule has 152 valence electrons. The smallest absolute Gasteiger partial charge is 0.271 e. The topological polar surface area (TPSA) is 83.0 Å². The molecule has 1 aliphatic heterocycles. The van der Waals surface area contributed by atoms with Gasteiger partial charge in [-0.3, -0.25) is 4.79 Å². The minimum Gasteiger partial charge on any atom is -0.380 e. The third kappa shape index (κ3) is 5.07. The average molecular weight is 433 g/mol. The Kier molecular flexibility index (Phi) is 6.32. The van der Waals surface area contributed by atoms with Gasteiger partial charge in [-0.2, -0.15) is 10.1 Å². The van der Waals surface area contributed by atoms with Gasteiger partial charge >= 0.3 is 0 Å². The van der Waals surface area contributed by atoms with E-state index in [-0.39, 0.29) is 12.1 Å². The summed E-state index contributed by atoms with van der Waals surface area (Å²) in [4.78, 5) is 18.0. The molecule has 1 saturated heterocycles. The van der Waals surface area contributed by atoms with Gasteiger partial charge in [-0.25, -0.2) is 4.68 Å². The van der Waals surface area contributed by atoms with Crippen LogP contribution in [0.5, 0.6) is 0 Å². The first-order valence-corrected chi connectivity index (χ1v) is 10.7. The van der Waals surface area contributed by atoms with Crippen molar-refractivity contribution >= 4 is 23.4 Å². The van der Waals surface area contributed by atoms with Crippen molar-refractivity contribution in [2.45, 2.75) is 42.9 Å². The summed E-state index contributed by atoms with van der Waals surface area (Å²) in [7, 11) is 0. The number of nitrogens with zero attached hydrogens (tertiary/aromatic N) is 4. The maximum atomic E-state index is 12.7. The van der Waals surface area contributed by atoms with Crippen LogP contribution in [0.2, 0.25) is 5.02 Å². The van der Waals surface area contributed by atoms with E-state index >= 15 is 0 Å². The van der Waals surface area contributed by atoms with Crippen LogP contribution in [0.25, 0.3) is 0 Å². The zero-order chi connectivity index (χ0) is 20.2. The zero-order valence-corrected chi connectivity index (χ0v) is 17.6. The fraction of sp³-hybridized carbons (Fsp3) is 0.400.